The molecule has 1 aromatic carbocycles. The number of nitrogens with two attached hydrogens (primary N) is 1. The van der Waals surface area contributed by atoms with Crippen LogP contribution in [0.5, 0.6) is 0 Å². The average Bonchev–Trinajstić information content (AvgIpc) is 2.45. The number of hydrogen-bond donors (Lipinski definition) is 2. The highest BCUT2D eigenvalue weighted by Gasteiger charge is 2.12. The van der Waals surface area contributed by atoms with E-state index in [1.165, 1.54) is 0 Å². The maximum atomic E-state index is 6.01. The third kappa shape index (κ3) is 3.64. The number of benzene rings is 1. The molecule has 0 aliphatic rings. The molecule has 0 radical (unpaired) electrons. The molecule has 0 amide bonds. The number of nitrogens with zero attached hydrogens (tertiary/aromatic N) is 2. The molecule has 0 bridgehead atoms. The molecule has 1 aromatic heterocycles. The molecule has 3 N–H and O–H groups in total. The van der Waals surface area contributed by atoms with Crippen LogP contribution in [0.1, 0.15) is 27.7 Å². The van der Waals surface area contributed by atoms with E-state index < -0.39 is 0 Å². The predicted molar refractivity (Wildman–Crippen MR) is 91.6 cm³/mol. The lowest BCUT2D eigenvalue weighted by Crippen LogP contribution is -2.40. The van der Waals surface area contributed by atoms with Crippen molar-refractivity contribution in [1.82, 2.24) is 9.88 Å². The number of pyridine rings is 1. The standard InChI is InChI=1S/C17H26N4/c1-12(2)21(13(3)4)10-9-20-17-6-5-16(18)15-11-19-8-7-14(15)17/h5-8,11-13,20H,9-10,18H2,1-4H3. The molecule has 4 nitrogen and oxygen atoms in total. The van der Waals surface area contributed by atoms with Crippen molar-refractivity contribution in [2.24, 2.45) is 0 Å². The molecule has 1 heterocycles. The Balaban J connectivity index is 2.09. The molecule has 0 aliphatic heterocycles. The highest BCUT2D eigenvalue weighted by Crippen LogP contribution is 2.27. The lowest BCUT2D eigenvalue weighted by atomic mass is 10.1. The zero-order valence-corrected chi connectivity index (χ0v) is 13.4. The van der Waals surface area contributed by atoms with Crippen LogP contribution in [0.25, 0.3) is 10.8 Å². The highest BCUT2D eigenvalue weighted by molar-refractivity contribution is 6.00. The lowest BCUT2D eigenvalue weighted by molar-refractivity contribution is 0.182. The van der Waals surface area contributed by atoms with Gasteiger partial charge in [0.1, 0.15) is 0 Å². The van der Waals surface area contributed by atoms with Gasteiger partial charge in [0.05, 0.1) is 0 Å². The molecule has 0 fully saturated rings. The van der Waals surface area contributed by atoms with E-state index in [9.17, 15) is 0 Å². The summed E-state index contributed by atoms with van der Waals surface area (Å²) in [7, 11) is 0. The molecule has 2 aromatic rings. The third-order valence-corrected chi connectivity index (χ3v) is 3.86. The van der Waals surface area contributed by atoms with E-state index >= 15 is 0 Å². The van der Waals surface area contributed by atoms with E-state index in [1.54, 1.807) is 0 Å². The quantitative estimate of drug-likeness (QED) is 0.800. The van der Waals surface area contributed by atoms with E-state index in [-0.39, 0.29) is 0 Å². The number of hydrogen-bond acceptors (Lipinski definition) is 4. The van der Waals surface area contributed by atoms with E-state index in [0.29, 0.717) is 12.1 Å². The van der Waals surface area contributed by atoms with Crippen LogP contribution < -0.4 is 11.1 Å². The first-order valence-electron chi connectivity index (χ1n) is 7.62. The second-order valence-electron chi connectivity index (χ2n) is 5.98. The molecule has 0 unspecified atom stereocenters. The van der Waals surface area contributed by atoms with Gasteiger partial charge in [-0.2, -0.15) is 0 Å². The van der Waals surface area contributed by atoms with Gasteiger partial charge in [0.2, 0.25) is 0 Å². The van der Waals surface area contributed by atoms with Crippen molar-refractivity contribution in [2.45, 2.75) is 39.8 Å². The lowest BCUT2D eigenvalue weighted by Gasteiger charge is -2.30. The van der Waals surface area contributed by atoms with E-state index in [0.717, 1.165) is 35.2 Å². The fraction of sp³-hybridized carbons (Fsp3) is 0.471. The molecule has 21 heavy (non-hydrogen) atoms. The number of aromatic nitrogens is 1. The second kappa shape index (κ2) is 6.76. The van der Waals surface area contributed by atoms with Gasteiger partial charge in [-0.05, 0) is 45.9 Å². The van der Waals surface area contributed by atoms with Crippen molar-refractivity contribution in [2.75, 3.05) is 24.1 Å². The van der Waals surface area contributed by atoms with Gasteiger partial charge in [-0.15, -0.1) is 0 Å². The van der Waals surface area contributed by atoms with Crippen molar-refractivity contribution in [3.05, 3.63) is 30.6 Å². The summed E-state index contributed by atoms with van der Waals surface area (Å²) in [6.45, 7) is 10.9. The molecule has 0 aliphatic carbocycles. The topological polar surface area (TPSA) is 54.2 Å². The van der Waals surface area contributed by atoms with Gasteiger partial charge in [-0.3, -0.25) is 9.88 Å². The summed E-state index contributed by atoms with van der Waals surface area (Å²) < 4.78 is 0. The maximum absolute atomic E-state index is 6.01. The van der Waals surface area contributed by atoms with Crippen molar-refractivity contribution < 1.29 is 0 Å². The van der Waals surface area contributed by atoms with Crippen LogP contribution in [0, 0.1) is 0 Å². The summed E-state index contributed by atoms with van der Waals surface area (Å²) in [6.07, 6.45) is 3.63. The smallest absolute Gasteiger partial charge is 0.0422 e. The molecular weight excluding hydrogens is 260 g/mol. The Labute approximate surface area is 127 Å². The average molecular weight is 286 g/mol. The minimum atomic E-state index is 0.555. The van der Waals surface area contributed by atoms with Crippen molar-refractivity contribution in [1.29, 1.82) is 0 Å². The summed E-state index contributed by atoms with van der Waals surface area (Å²) >= 11 is 0. The minimum Gasteiger partial charge on any atom is -0.398 e. The number of nitrogen functional groups attached to an aromatic ring is 1. The number of anilines is 2. The molecule has 114 valence electrons. The molecule has 4 heteroatoms. The molecule has 2 rings (SSSR count). The van der Waals surface area contributed by atoms with E-state index in [4.69, 9.17) is 5.73 Å². The largest absolute Gasteiger partial charge is 0.398 e. The van der Waals surface area contributed by atoms with Gasteiger partial charge in [0.25, 0.3) is 0 Å². The Morgan fingerprint density at radius 1 is 1.10 bits per heavy atom. The summed E-state index contributed by atoms with van der Waals surface area (Å²) in [4.78, 5) is 6.63. The van der Waals surface area contributed by atoms with Crippen LogP contribution in [0.15, 0.2) is 30.6 Å². The molecular formula is C17H26N4. The fourth-order valence-electron chi connectivity index (χ4n) is 2.80. The van der Waals surface area contributed by atoms with Gasteiger partial charge in [-0.25, -0.2) is 0 Å². The summed E-state index contributed by atoms with van der Waals surface area (Å²) in [6, 6.07) is 7.11. The molecule has 0 saturated heterocycles. The monoisotopic (exact) mass is 286 g/mol. The van der Waals surface area contributed by atoms with Gasteiger partial charge in [0, 0.05) is 59.7 Å². The fourth-order valence-corrected chi connectivity index (χ4v) is 2.80. The predicted octanol–water partition coefficient (Wildman–Crippen LogP) is 3.35. The Kier molecular flexibility index (Phi) is 5.02. The SMILES string of the molecule is CC(C)N(CCNc1ccc(N)c2cnccc12)C(C)C. The molecule has 0 spiro atoms. The van der Waals surface area contributed by atoms with Crippen molar-refractivity contribution in [3.8, 4) is 0 Å². The maximum Gasteiger partial charge on any atom is 0.0422 e. The van der Waals surface area contributed by atoms with Gasteiger partial charge < -0.3 is 11.1 Å². The van der Waals surface area contributed by atoms with Crippen LogP contribution in [0.2, 0.25) is 0 Å². The number of fused-ring (bicyclic) bond motifs is 1. The summed E-state index contributed by atoms with van der Waals surface area (Å²) in [5.74, 6) is 0. The van der Waals surface area contributed by atoms with Gasteiger partial charge >= 0.3 is 0 Å². The number of nitrogens with one attached hydrogen (secondary N) is 1. The summed E-state index contributed by atoms with van der Waals surface area (Å²) in [5, 5.41) is 5.67. The molecule has 0 atom stereocenters. The Bertz CT molecular complexity index is 584. The van der Waals surface area contributed by atoms with Crippen LogP contribution in [-0.4, -0.2) is 35.1 Å². The van der Waals surface area contributed by atoms with Gasteiger partial charge in [0.15, 0.2) is 0 Å². The Morgan fingerprint density at radius 2 is 1.81 bits per heavy atom. The van der Waals surface area contributed by atoms with Crippen molar-refractivity contribution in [3.63, 3.8) is 0 Å². The van der Waals surface area contributed by atoms with E-state index in [2.05, 4.69) is 42.9 Å². The Hall–Kier alpha value is -1.81. The normalized spacial score (nSPS) is 11.8. The Morgan fingerprint density at radius 3 is 2.48 bits per heavy atom. The minimum absolute atomic E-state index is 0.555. The zero-order valence-electron chi connectivity index (χ0n) is 13.4. The van der Waals surface area contributed by atoms with Crippen LogP contribution >= 0.6 is 0 Å². The van der Waals surface area contributed by atoms with Gasteiger partial charge in [-0.1, -0.05) is 0 Å². The highest BCUT2D eigenvalue weighted by atomic mass is 15.2. The number of rotatable bonds is 6. The zero-order chi connectivity index (χ0) is 15.4. The van der Waals surface area contributed by atoms with Crippen molar-refractivity contribution >= 4 is 22.1 Å². The van der Waals surface area contributed by atoms with E-state index in [1.807, 2.05) is 30.6 Å². The summed E-state index contributed by atoms with van der Waals surface area (Å²) in [5.41, 5.74) is 7.90. The first-order valence-corrected chi connectivity index (χ1v) is 7.62. The van der Waals surface area contributed by atoms with Crippen LogP contribution in [-0.2, 0) is 0 Å². The third-order valence-electron chi connectivity index (χ3n) is 3.86. The second-order valence-corrected chi connectivity index (χ2v) is 5.98. The van der Waals surface area contributed by atoms with Crippen LogP contribution in [0.3, 0.4) is 0 Å². The first-order chi connectivity index (χ1) is 10.0. The van der Waals surface area contributed by atoms with Crippen LogP contribution in [0.4, 0.5) is 11.4 Å². The first kappa shape index (κ1) is 15.6. The molecule has 0 saturated carbocycles.